The smallest absolute Gasteiger partial charge is 0.247 e. The maximum absolute atomic E-state index is 13.7. The number of halogens is 1. The van der Waals surface area contributed by atoms with Crippen LogP contribution in [0.3, 0.4) is 0 Å². The van der Waals surface area contributed by atoms with Crippen molar-refractivity contribution in [1.82, 2.24) is 30.4 Å². The van der Waals surface area contributed by atoms with Crippen LogP contribution in [0.1, 0.15) is 50.8 Å². The number of nitrogens with one attached hydrogen (secondary N) is 1. The average molecular weight is 509 g/mol. The summed E-state index contributed by atoms with van der Waals surface area (Å²) in [7, 11) is 0. The third kappa shape index (κ3) is 6.97. The number of aromatic nitrogens is 4. The molecule has 2 atom stereocenters. The van der Waals surface area contributed by atoms with Crippen molar-refractivity contribution in [2.75, 3.05) is 13.2 Å². The first-order chi connectivity index (χ1) is 17.6. The highest BCUT2D eigenvalue weighted by Gasteiger charge is 2.36. The minimum Gasteiger partial charge on any atom is -0.376 e. The molecule has 1 saturated heterocycles. The number of aryl methyl sites for hydroxylation is 1. The van der Waals surface area contributed by atoms with E-state index in [4.69, 9.17) is 4.74 Å². The molecule has 1 aliphatic rings. The standard InChI is InChI=1S/C27H33FN6O3/c1-18-7-9-20(10-8-18)25-30-32-34(31-25)17-23(35)33(16-22-6-5-15-37-22)24(26(36)29-27(2,3)4)19-11-13-21(28)14-12-19/h7-14,22,24H,5-6,15-17H2,1-4H3,(H,29,36)/t22-,24-/m1/s1. The van der Waals surface area contributed by atoms with Gasteiger partial charge in [0.25, 0.3) is 0 Å². The zero-order valence-electron chi connectivity index (χ0n) is 21.6. The number of hydrogen-bond acceptors (Lipinski definition) is 6. The first kappa shape index (κ1) is 26.4. The van der Waals surface area contributed by atoms with E-state index in [1.165, 1.54) is 34.0 Å². The average Bonchev–Trinajstić information content (AvgIpc) is 3.51. The summed E-state index contributed by atoms with van der Waals surface area (Å²) in [4.78, 5) is 30.0. The fourth-order valence-electron chi connectivity index (χ4n) is 4.26. The number of benzene rings is 2. The molecule has 2 heterocycles. The number of rotatable bonds is 8. The first-order valence-electron chi connectivity index (χ1n) is 12.4. The Hall–Kier alpha value is -3.66. The normalized spacial score (nSPS) is 16.4. The number of carbonyl (C=O) groups excluding carboxylic acids is 2. The molecule has 1 aromatic heterocycles. The lowest BCUT2D eigenvalue weighted by atomic mass is 10.0. The zero-order chi connectivity index (χ0) is 26.6. The van der Waals surface area contributed by atoms with Crippen LogP contribution in [0, 0.1) is 12.7 Å². The minimum absolute atomic E-state index is 0.206. The summed E-state index contributed by atoms with van der Waals surface area (Å²) in [5, 5.41) is 15.5. The summed E-state index contributed by atoms with van der Waals surface area (Å²) in [5.74, 6) is -0.760. The highest BCUT2D eigenvalue weighted by molar-refractivity contribution is 5.89. The molecule has 37 heavy (non-hydrogen) atoms. The first-order valence-corrected chi connectivity index (χ1v) is 12.4. The maximum atomic E-state index is 13.7. The minimum atomic E-state index is -0.989. The molecule has 3 aromatic rings. The van der Waals surface area contributed by atoms with E-state index in [1.54, 1.807) is 0 Å². The van der Waals surface area contributed by atoms with E-state index >= 15 is 0 Å². The van der Waals surface area contributed by atoms with Crippen LogP contribution in [-0.2, 0) is 20.9 Å². The number of nitrogens with zero attached hydrogens (tertiary/aromatic N) is 5. The van der Waals surface area contributed by atoms with Crippen LogP contribution >= 0.6 is 0 Å². The summed E-state index contributed by atoms with van der Waals surface area (Å²) in [6, 6.07) is 12.3. The van der Waals surface area contributed by atoms with Gasteiger partial charge in [-0.3, -0.25) is 9.59 Å². The molecule has 0 unspecified atom stereocenters. The van der Waals surface area contributed by atoms with Crippen molar-refractivity contribution < 1.29 is 18.7 Å². The molecule has 0 bridgehead atoms. The number of tetrazole rings is 1. The van der Waals surface area contributed by atoms with Gasteiger partial charge in [0.15, 0.2) is 0 Å². The molecule has 9 nitrogen and oxygen atoms in total. The van der Waals surface area contributed by atoms with Gasteiger partial charge in [0.2, 0.25) is 17.6 Å². The largest absolute Gasteiger partial charge is 0.376 e. The van der Waals surface area contributed by atoms with Crippen LogP contribution in [0.2, 0.25) is 0 Å². The van der Waals surface area contributed by atoms with E-state index in [9.17, 15) is 14.0 Å². The maximum Gasteiger partial charge on any atom is 0.247 e. The topological polar surface area (TPSA) is 102 Å². The summed E-state index contributed by atoms with van der Waals surface area (Å²) in [6.45, 7) is 8.18. The molecule has 2 amide bonds. The van der Waals surface area contributed by atoms with Crippen molar-refractivity contribution in [3.63, 3.8) is 0 Å². The lowest BCUT2D eigenvalue weighted by Crippen LogP contribution is -2.51. The van der Waals surface area contributed by atoms with Crippen LogP contribution in [-0.4, -0.2) is 61.7 Å². The molecule has 1 aliphatic heterocycles. The van der Waals surface area contributed by atoms with Crippen LogP contribution in [0.5, 0.6) is 0 Å². The van der Waals surface area contributed by atoms with Crippen molar-refractivity contribution >= 4 is 11.8 Å². The van der Waals surface area contributed by atoms with Gasteiger partial charge in [0.05, 0.1) is 6.10 Å². The molecule has 1 N–H and O–H groups in total. The van der Waals surface area contributed by atoms with E-state index in [0.717, 1.165) is 24.0 Å². The third-order valence-corrected chi connectivity index (χ3v) is 6.03. The van der Waals surface area contributed by atoms with E-state index in [2.05, 4.69) is 20.7 Å². The van der Waals surface area contributed by atoms with E-state index in [0.29, 0.717) is 18.0 Å². The van der Waals surface area contributed by atoms with E-state index in [1.807, 2.05) is 52.0 Å². The molecular weight excluding hydrogens is 475 g/mol. The van der Waals surface area contributed by atoms with Crippen molar-refractivity contribution in [3.05, 3.63) is 65.5 Å². The van der Waals surface area contributed by atoms with Gasteiger partial charge in [-0.25, -0.2) is 4.39 Å². The van der Waals surface area contributed by atoms with Crippen LogP contribution in [0.15, 0.2) is 48.5 Å². The Labute approximate surface area is 216 Å². The van der Waals surface area contributed by atoms with Gasteiger partial charge < -0.3 is 15.0 Å². The molecule has 4 rings (SSSR count). The number of ether oxygens (including phenoxy) is 1. The Morgan fingerprint density at radius 1 is 1.16 bits per heavy atom. The zero-order valence-corrected chi connectivity index (χ0v) is 21.6. The fourth-order valence-corrected chi connectivity index (χ4v) is 4.26. The number of amides is 2. The summed E-state index contributed by atoms with van der Waals surface area (Å²) in [6.07, 6.45) is 1.45. The van der Waals surface area contributed by atoms with Crippen molar-refractivity contribution in [1.29, 1.82) is 0 Å². The Balaban J connectivity index is 1.64. The van der Waals surface area contributed by atoms with Crippen molar-refractivity contribution in [2.24, 2.45) is 0 Å². The van der Waals surface area contributed by atoms with Crippen LogP contribution in [0.4, 0.5) is 4.39 Å². The lowest BCUT2D eigenvalue weighted by molar-refractivity contribution is -0.144. The highest BCUT2D eigenvalue weighted by Crippen LogP contribution is 2.26. The van der Waals surface area contributed by atoms with Gasteiger partial charge in [-0.2, -0.15) is 4.80 Å². The van der Waals surface area contributed by atoms with Gasteiger partial charge in [-0.1, -0.05) is 42.0 Å². The second kappa shape index (κ2) is 11.2. The second-order valence-corrected chi connectivity index (χ2v) is 10.4. The van der Waals surface area contributed by atoms with Gasteiger partial charge in [-0.15, -0.1) is 10.2 Å². The summed E-state index contributed by atoms with van der Waals surface area (Å²) >= 11 is 0. The van der Waals surface area contributed by atoms with Crippen LogP contribution < -0.4 is 5.32 Å². The summed E-state index contributed by atoms with van der Waals surface area (Å²) in [5.41, 5.74) is 1.86. The molecule has 196 valence electrons. The molecule has 1 fully saturated rings. The molecular formula is C27H33FN6O3. The quantitative estimate of drug-likeness (QED) is 0.500. The highest BCUT2D eigenvalue weighted by atomic mass is 19.1. The predicted octanol–water partition coefficient (Wildman–Crippen LogP) is 3.45. The SMILES string of the molecule is Cc1ccc(-c2nnn(CC(=O)N(C[C@H]3CCCO3)[C@@H](C(=O)NC(C)(C)C)c3ccc(F)cc3)n2)cc1. The summed E-state index contributed by atoms with van der Waals surface area (Å²) < 4.78 is 19.5. The molecule has 0 aliphatic carbocycles. The van der Waals surface area contributed by atoms with Crippen molar-refractivity contribution in [3.8, 4) is 11.4 Å². The lowest BCUT2D eigenvalue weighted by Gasteiger charge is -2.34. The van der Waals surface area contributed by atoms with Gasteiger partial charge in [0.1, 0.15) is 18.4 Å². The monoisotopic (exact) mass is 508 g/mol. The van der Waals surface area contributed by atoms with Gasteiger partial charge in [-0.05, 0) is 63.4 Å². The third-order valence-electron chi connectivity index (χ3n) is 6.03. The number of hydrogen-bond donors (Lipinski definition) is 1. The molecule has 0 radical (unpaired) electrons. The van der Waals surface area contributed by atoms with Crippen LogP contribution in [0.25, 0.3) is 11.4 Å². The van der Waals surface area contributed by atoms with E-state index < -0.39 is 17.4 Å². The molecule has 0 spiro atoms. The molecule has 2 aromatic carbocycles. The number of carbonyl (C=O) groups is 2. The predicted molar refractivity (Wildman–Crippen MR) is 136 cm³/mol. The van der Waals surface area contributed by atoms with E-state index in [-0.39, 0.29) is 31.0 Å². The fraction of sp³-hybridized carbons (Fsp3) is 0.444. The Bertz CT molecular complexity index is 1210. The van der Waals surface area contributed by atoms with Crippen molar-refractivity contribution in [2.45, 2.75) is 64.8 Å². The molecule has 0 saturated carbocycles. The Kier molecular flexibility index (Phi) is 7.97. The Morgan fingerprint density at radius 2 is 1.86 bits per heavy atom. The second-order valence-electron chi connectivity index (χ2n) is 10.4. The van der Waals surface area contributed by atoms with Gasteiger partial charge >= 0.3 is 0 Å². The molecule has 10 heteroatoms. The Morgan fingerprint density at radius 3 is 2.49 bits per heavy atom. The van der Waals surface area contributed by atoms with Gasteiger partial charge in [0, 0.05) is 24.3 Å².